The molecule has 3 aromatic rings. The number of nitrogens with zero attached hydrogens (tertiary/aromatic N) is 2. The van der Waals surface area contributed by atoms with Crippen LogP contribution < -0.4 is 10.6 Å². The summed E-state index contributed by atoms with van der Waals surface area (Å²) in [5.74, 6) is -0.631. The second-order valence-corrected chi connectivity index (χ2v) is 7.49. The Hall–Kier alpha value is -3.06. The predicted octanol–water partition coefficient (Wildman–Crippen LogP) is 3.83. The minimum Gasteiger partial charge on any atom is -0.341 e. The van der Waals surface area contributed by atoms with Crippen LogP contribution in [0.3, 0.4) is 0 Å². The third-order valence-electron chi connectivity index (χ3n) is 4.29. The zero-order valence-electron chi connectivity index (χ0n) is 16.0. The first kappa shape index (κ1) is 19.7. The fourth-order valence-corrected chi connectivity index (χ4v) is 3.36. The van der Waals surface area contributed by atoms with E-state index in [0.29, 0.717) is 10.7 Å². The number of carbonyl (C=O) groups excluding carboxylic acids is 2. The topological polar surface area (TPSA) is 84.0 Å². The van der Waals surface area contributed by atoms with Gasteiger partial charge in [-0.05, 0) is 44.0 Å². The molecule has 0 fully saturated rings. The van der Waals surface area contributed by atoms with Crippen LogP contribution in [-0.2, 0) is 11.2 Å². The lowest BCUT2D eigenvalue weighted by molar-refractivity contribution is -0.117. The summed E-state index contributed by atoms with van der Waals surface area (Å²) in [6.45, 7) is 5.70. The molecule has 0 radical (unpaired) electrons. The van der Waals surface area contributed by atoms with Gasteiger partial charge in [0.05, 0.1) is 0 Å². The third kappa shape index (κ3) is 4.80. The van der Waals surface area contributed by atoms with Crippen LogP contribution in [0.2, 0.25) is 0 Å². The number of anilines is 1. The van der Waals surface area contributed by atoms with E-state index >= 15 is 0 Å². The molecule has 28 heavy (non-hydrogen) atoms. The van der Waals surface area contributed by atoms with Crippen molar-refractivity contribution in [1.29, 1.82) is 0 Å². The molecule has 0 saturated heterocycles. The van der Waals surface area contributed by atoms with E-state index in [4.69, 9.17) is 0 Å². The van der Waals surface area contributed by atoms with Crippen molar-refractivity contribution in [3.05, 3.63) is 65.2 Å². The summed E-state index contributed by atoms with van der Waals surface area (Å²) in [6.07, 6.45) is 0.910. The molecular weight excluding hydrogens is 372 g/mol. The van der Waals surface area contributed by atoms with Crippen molar-refractivity contribution >= 4 is 28.3 Å². The van der Waals surface area contributed by atoms with Crippen LogP contribution in [0.1, 0.15) is 35.3 Å². The highest BCUT2D eigenvalue weighted by Crippen LogP contribution is 2.26. The molecule has 0 bridgehead atoms. The summed E-state index contributed by atoms with van der Waals surface area (Å²) in [4.78, 5) is 24.7. The van der Waals surface area contributed by atoms with E-state index in [-0.39, 0.29) is 11.8 Å². The zero-order chi connectivity index (χ0) is 20.1. The highest BCUT2D eigenvalue weighted by atomic mass is 32.1. The van der Waals surface area contributed by atoms with E-state index < -0.39 is 6.04 Å². The first-order chi connectivity index (χ1) is 13.5. The van der Waals surface area contributed by atoms with Crippen molar-refractivity contribution in [3.8, 4) is 10.6 Å². The zero-order valence-corrected chi connectivity index (χ0v) is 16.8. The molecule has 1 heterocycles. The normalized spacial score (nSPS) is 11.7. The summed E-state index contributed by atoms with van der Waals surface area (Å²) < 4.78 is 0. The molecule has 0 aliphatic carbocycles. The van der Waals surface area contributed by atoms with E-state index in [1.54, 1.807) is 19.1 Å². The van der Waals surface area contributed by atoms with Crippen molar-refractivity contribution in [1.82, 2.24) is 15.5 Å². The van der Waals surface area contributed by atoms with Crippen LogP contribution in [0.5, 0.6) is 0 Å². The number of benzene rings is 2. The van der Waals surface area contributed by atoms with Gasteiger partial charge in [-0.15, -0.1) is 10.2 Å². The Bertz CT molecular complexity index is 982. The molecule has 1 atom stereocenters. The van der Waals surface area contributed by atoms with Crippen LogP contribution >= 0.6 is 11.3 Å². The van der Waals surface area contributed by atoms with Crippen LogP contribution in [0.25, 0.3) is 10.6 Å². The first-order valence-electron chi connectivity index (χ1n) is 9.07. The average molecular weight is 395 g/mol. The van der Waals surface area contributed by atoms with Gasteiger partial charge in [-0.3, -0.25) is 14.9 Å². The second-order valence-electron chi connectivity index (χ2n) is 6.52. The van der Waals surface area contributed by atoms with Crippen LogP contribution in [0.4, 0.5) is 5.13 Å². The lowest BCUT2D eigenvalue weighted by atomic mass is 10.1. The van der Waals surface area contributed by atoms with Gasteiger partial charge >= 0.3 is 0 Å². The van der Waals surface area contributed by atoms with Crippen molar-refractivity contribution in [2.75, 3.05) is 5.32 Å². The lowest BCUT2D eigenvalue weighted by Gasteiger charge is -2.13. The largest absolute Gasteiger partial charge is 0.341 e. The average Bonchev–Trinajstić information content (AvgIpc) is 3.16. The first-order valence-corrected chi connectivity index (χ1v) is 9.89. The third-order valence-corrected chi connectivity index (χ3v) is 5.17. The van der Waals surface area contributed by atoms with Gasteiger partial charge in [0.1, 0.15) is 11.0 Å². The molecule has 0 unspecified atom stereocenters. The Kier molecular flexibility index (Phi) is 6.16. The smallest absolute Gasteiger partial charge is 0.251 e. The molecule has 2 N–H and O–H groups in total. The van der Waals surface area contributed by atoms with Gasteiger partial charge in [-0.25, -0.2) is 0 Å². The van der Waals surface area contributed by atoms with Crippen LogP contribution in [0, 0.1) is 6.92 Å². The molecule has 1 aromatic heterocycles. The number of hydrogen-bond acceptors (Lipinski definition) is 5. The monoisotopic (exact) mass is 394 g/mol. The van der Waals surface area contributed by atoms with Gasteiger partial charge in [-0.1, -0.05) is 54.2 Å². The maximum atomic E-state index is 12.4. The number of nitrogens with one attached hydrogen (secondary N) is 2. The fraction of sp³-hybridized carbons (Fsp3) is 0.238. The number of amides is 2. The predicted molar refractivity (Wildman–Crippen MR) is 111 cm³/mol. The Morgan fingerprint density at radius 3 is 2.54 bits per heavy atom. The number of carbonyl (C=O) groups is 2. The molecule has 3 rings (SSSR count). The number of aryl methyl sites for hydroxylation is 2. The van der Waals surface area contributed by atoms with E-state index in [2.05, 4.69) is 27.8 Å². The molecule has 6 nitrogen and oxygen atoms in total. The minimum atomic E-state index is -0.704. The summed E-state index contributed by atoms with van der Waals surface area (Å²) >= 11 is 1.29. The van der Waals surface area contributed by atoms with Gasteiger partial charge in [0.15, 0.2) is 0 Å². The molecule has 0 aliphatic heterocycles. The molecule has 2 aromatic carbocycles. The standard InChI is InChI=1S/C21H22N4O2S/c1-4-15-8-10-16(11-9-15)19(27)22-14(3)18(26)23-21-25-24-20(28-21)17-7-5-6-13(2)12-17/h5-12,14H,4H2,1-3H3,(H,22,27)(H,23,25,26)/t14-/m0/s1. The van der Waals surface area contributed by atoms with Crippen molar-refractivity contribution in [3.63, 3.8) is 0 Å². The highest BCUT2D eigenvalue weighted by Gasteiger charge is 2.18. The molecule has 2 amide bonds. The molecule has 7 heteroatoms. The SMILES string of the molecule is CCc1ccc(C(=O)N[C@@H](C)C(=O)Nc2nnc(-c3cccc(C)c3)s2)cc1. The fourth-order valence-electron chi connectivity index (χ4n) is 2.62. The van der Waals surface area contributed by atoms with Gasteiger partial charge in [0, 0.05) is 11.1 Å². The summed E-state index contributed by atoms with van der Waals surface area (Å²) in [5, 5.41) is 14.7. The number of aromatic nitrogens is 2. The highest BCUT2D eigenvalue weighted by molar-refractivity contribution is 7.18. The summed E-state index contributed by atoms with van der Waals surface area (Å²) in [7, 11) is 0. The maximum Gasteiger partial charge on any atom is 0.251 e. The molecule has 0 spiro atoms. The van der Waals surface area contributed by atoms with E-state index in [0.717, 1.165) is 28.1 Å². The van der Waals surface area contributed by atoms with Crippen LogP contribution in [0.15, 0.2) is 48.5 Å². The summed E-state index contributed by atoms with van der Waals surface area (Å²) in [5.41, 5.74) is 3.76. The van der Waals surface area contributed by atoms with Crippen LogP contribution in [-0.4, -0.2) is 28.1 Å². The summed E-state index contributed by atoms with van der Waals surface area (Å²) in [6, 6.07) is 14.6. The van der Waals surface area contributed by atoms with Crippen molar-refractivity contribution in [2.24, 2.45) is 0 Å². The van der Waals surface area contributed by atoms with E-state index in [1.807, 2.05) is 43.3 Å². The van der Waals surface area contributed by atoms with E-state index in [9.17, 15) is 9.59 Å². The maximum absolute atomic E-state index is 12.4. The lowest BCUT2D eigenvalue weighted by Crippen LogP contribution is -2.41. The van der Waals surface area contributed by atoms with E-state index in [1.165, 1.54) is 11.3 Å². The van der Waals surface area contributed by atoms with Gasteiger partial charge in [-0.2, -0.15) is 0 Å². The number of hydrogen-bond donors (Lipinski definition) is 2. The molecule has 0 aliphatic rings. The Morgan fingerprint density at radius 2 is 1.86 bits per heavy atom. The quantitative estimate of drug-likeness (QED) is 0.665. The van der Waals surface area contributed by atoms with Gasteiger partial charge in [0.2, 0.25) is 11.0 Å². The van der Waals surface area contributed by atoms with Crippen molar-refractivity contribution in [2.45, 2.75) is 33.2 Å². The van der Waals surface area contributed by atoms with Gasteiger partial charge < -0.3 is 5.32 Å². The molecule has 0 saturated carbocycles. The number of rotatable bonds is 6. The molecule has 144 valence electrons. The second kappa shape index (κ2) is 8.75. The van der Waals surface area contributed by atoms with Gasteiger partial charge in [0.25, 0.3) is 5.91 Å². The molecular formula is C21H22N4O2S. The minimum absolute atomic E-state index is 0.289. The Balaban J connectivity index is 1.60. The van der Waals surface area contributed by atoms with Crippen molar-refractivity contribution < 1.29 is 9.59 Å². The Labute approximate surface area is 168 Å². The Morgan fingerprint density at radius 1 is 1.11 bits per heavy atom.